The molecule has 176 valence electrons. The van der Waals surface area contributed by atoms with E-state index in [1.165, 1.54) is 12.4 Å². The average molecular weight is 463 g/mol. The summed E-state index contributed by atoms with van der Waals surface area (Å²) in [6, 6.07) is 13.3. The van der Waals surface area contributed by atoms with Gasteiger partial charge in [0.05, 0.1) is 18.5 Å². The number of methoxy groups -OCH3 is 1. The number of aromatic amines is 1. The Morgan fingerprint density at radius 1 is 1.09 bits per heavy atom. The summed E-state index contributed by atoms with van der Waals surface area (Å²) in [4.78, 5) is 28.4. The van der Waals surface area contributed by atoms with Gasteiger partial charge in [-0.15, -0.1) is 0 Å². The van der Waals surface area contributed by atoms with Gasteiger partial charge in [-0.1, -0.05) is 6.07 Å². The van der Waals surface area contributed by atoms with Gasteiger partial charge in [-0.05, 0) is 63.5 Å². The van der Waals surface area contributed by atoms with Crippen LogP contribution >= 0.6 is 0 Å². The summed E-state index contributed by atoms with van der Waals surface area (Å²) in [5, 5.41) is 3.52. The first kappa shape index (κ1) is 23.2. The van der Waals surface area contributed by atoms with E-state index in [0.29, 0.717) is 41.4 Å². The number of nitrogens with one attached hydrogen (secondary N) is 2. The third-order valence-corrected chi connectivity index (χ3v) is 5.44. The van der Waals surface area contributed by atoms with Crippen LogP contribution in [0.1, 0.15) is 5.69 Å². The van der Waals surface area contributed by atoms with Gasteiger partial charge in [0.15, 0.2) is 0 Å². The molecule has 2 heterocycles. The second-order valence-corrected chi connectivity index (χ2v) is 8.21. The monoisotopic (exact) mass is 462 g/mol. The smallest absolute Gasteiger partial charge is 0.326 e. The van der Waals surface area contributed by atoms with Crippen molar-refractivity contribution in [3.8, 4) is 17.0 Å². The lowest BCUT2D eigenvalue weighted by Gasteiger charge is -2.25. The van der Waals surface area contributed by atoms with E-state index in [-0.39, 0.29) is 5.69 Å². The number of H-pyrrole nitrogens is 1. The number of carbonyl (C=O) groups excluding carboxylic acids is 1. The SMILES string of the molecule is COc1ccc(N(CCN(C)C)C(=O)Nc2ccc(-c3ncnc4[nH]c(C)cc34)cc2F)cc1. The molecule has 0 saturated heterocycles. The van der Waals surface area contributed by atoms with Gasteiger partial charge in [0.1, 0.15) is 23.5 Å². The molecular weight excluding hydrogens is 435 g/mol. The van der Waals surface area contributed by atoms with Crippen molar-refractivity contribution < 1.29 is 13.9 Å². The minimum absolute atomic E-state index is 0.0904. The average Bonchev–Trinajstić information content (AvgIpc) is 3.21. The van der Waals surface area contributed by atoms with Gasteiger partial charge in [-0.2, -0.15) is 0 Å². The quantitative estimate of drug-likeness (QED) is 0.416. The van der Waals surface area contributed by atoms with Crippen LogP contribution in [0, 0.1) is 12.7 Å². The van der Waals surface area contributed by atoms with Gasteiger partial charge in [0.2, 0.25) is 0 Å². The van der Waals surface area contributed by atoms with Gasteiger partial charge >= 0.3 is 6.03 Å². The lowest BCUT2D eigenvalue weighted by molar-refractivity contribution is 0.256. The number of hydrogen-bond acceptors (Lipinski definition) is 5. The van der Waals surface area contributed by atoms with E-state index in [0.717, 1.165) is 11.1 Å². The van der Waals surface area contributed by atoms with Crippen molar-refractivity contribution in [2.24, 2.45) is 0 Å². The van der Waals surface area contributed by atoms with E-state index in [1.807, 2.05) is 32.0 Å². The van der Waals surface area contributed by atoms with Crippen LogP contribution < -0.4 is 15.0 Å². The molecule has 0 aliphatic rings. The number of hydrogen-bond donors (Lipinski definition) is 2. The maximum atomic E-state index is 15.1. The number of fused-ring (bicyclic) bond motifs is 1. The van der Waals surface area contributed by atoms with Crippen LogP contribution in [0.2, 0.25) is 0 Å². The Kier molecular flexibility index (Phi) is 6.74. The largest absolute Gasteiger partial charge is 0.497 e. The van der Waals surface area contributed by atoms with Crippen LogP contribution in [0.3, 0.4) is 0 Å². The molecule has 34 heavy (non-hydrogen) atoms. The van der Waals surface area contributed by atoms with E-state index in [1.54, 1.807) is 48.4 Å². The van der Waals surface area contributed by atoms with Crippen LogP contribution in [0.25, 0.3) is 22.3 Å². The summed E-state index contributed by atoms with van der Waals surface area (Å²) < 4.78 is 20.3. The Labute approximate surface area is 197 Å². The lowest BCUT2D eigenvalue weighted by Crippen LogP contribution is -2.39. The number of halogens is 1. The summed E-state index contributed by atoms with van der Waals surface area (Å²) >= 11 is 0. The topological polar surface area (TPSA) is 86.4 Å². The summed E-state index contributed by atoms with van der Waals surface area (Å²) in [5.41, 5.74) is 3.63. The number of aryl methyl sites for hydroxylation is 1. The molecule has 4 aromatic rings. The summed E-state index contributed by atoms with van der Waals surface area (Å²) in [5.74, 6) is 0.141. The van der Waals surface area contributed by atoms with Crippen LogP contribution in [0.5, 0.6) is 5.75 Å². The maximum absolute atomic E-state index is 15.1. The number of aromatic nitrogens is 3. The molecule has 4 rings (SSSR count). The highest BCUT2D eigenvalue weighted by Crippen LogP contribution is 2.29. The number of anilines is 2. The fraction of sp³-hybridized carbons (Fsp3) is 0.240. The van der Waals surface area contributed by atoms with Gasteiger partial charge in [-0.25, -0.2) is 19.2 Å². The number of benzene rings is 2. The predicted octanol–water partition coefficient (Wildman–Crippen LogP) is 4.68. The van der Waals surface area contributed by atoms with Crippen LogP contribution in [0.4, 0.5) is 20.6 Å². The molecule has 0 saturated carbocycles. The standard InChI is InChI=1S/C25H27FN6O2/c1-16-13-20-23(27-15-28-24(20)29-16)17-5-10-22(21(26)14-17)30-25(33)32(12-11-31(2)3)18-6-8-19(34-4)9-7-18/h5-10,13-15H,11-12H2,1-4H3,(H,30,33)(H,27,28,29). The molecule has 9 heteroatoms. The van der Waals surface area contributed by atoms with Gasteiger partial charge in [-0.3, -0.25) is 4.90 Å². The Balaban J connectivity index is 1.58. The third kappa shape index (κ3) is 4.99. The summed E-state index contributed by atoms with van der Waals surface area (Å²) in [6.07, 6.45) is 1.44. The molecule has 0 unspecified atom stereocenters. The predicted molar refractivity (Wildman–Crippen MR) is 132 cm³/mol. The second-order valence-electron chi connectivity index (χ2n) is 8.21. The van der Waals surface area contributed by atoms with Gasteiger partial charge in [0.25, 0.3) is 0 Å². The van der Waals surface area contributed by atoms with Crippen LogP contribution in [0.15, 0.2) is 54.9 Å². The molecule has 0 aliphatic carbocycles. The third-order valence-electron chi connectivity index (χ3n) is 5.44. The van der Waals surface area contributed by atoms with Gasteiger partial charge < -0.3 is 19.9 Å². The zero-order chi connectivity index (χ0) is 24.2. The zero-order valence-electron chi connectivity index (χ0n) is 19.6. The van der Waals surface area contributed by atoms with Crippen molar-refractivity contribution in [1.29, 1.82) is 0 Å². The molecular formula is C25H27FN6O2. The van der Waals surface area contributed by atoms with E-state index < -0.39 is 11.8 Å². The maximum Gasteiger partial charge on any atom is 0.326 e. The second kappa shape index (κ2) is 9.88. The summed E-state index contributed by atoms with van der Waals surface area (Å²) in [6.45, 7) is 2.99. The molecule has 2 amide bonds. The van der Waals surface area contributed by atoms with Crippen molar-refractivity contribution in [3.05, 3.63) is 66.4 Å². The molecule has 0 atom stereocenters. The molecule has 2 aromatic heterocycles. The molecule has 0 aliphatic heterocycles. The molecule has 2 aromatic carbocycles. The fourth-order valence-corrected chi connectivity index (χ4v) is 3.66. The molecule has 0 fully saturated rings. The normalized spacial score (nSPS) is 11.1. The van der Waals surface area contributed by atoms with Crippen molar-refractivity contribution in [1.82, 2.24) is 19.9 Å². The number of amides is 2. The highest BCUT2D eigenvalue weighted by atomic mass is 19.1. The molecule has 0 radical (unpaired) electrons. The van der Waals surface area contributed by atoms with Gasteiger partial charge in [0, 0.05) is 35.4 Å². The van der Waals surface area contributed by atoms with Crippen LogP contribution in [-0.4, -0.2) is 60.2 Å². The first-order chi connectivity index (χ1) is 16.4. The van der Waals surface area contributed by atoms with E-state index in [2.05, 4.69) is 20.3 Å². The fourth-order valence-electron chi connectivity index (χ4n) is 3.66. The van der Waals surface area contributed by atoms with Crippen molar-refractivity contribution in [2.45, 2.75) is 6.92 Å². The Bertz CT molecular complexity index is 1300. The minimum atomic E-state index is -0.549. The number of nitrogens with zero attached hydrogens (tertiary/aromatic N) is 4. The van der Waals surface area contributed by atoms with Crippen molar-refractivity contribution in [2.75, 3.05) is 44.5 Å². The van der Waals surface area contributed by atoms with E-state index in [4.69, 9.17) is 4.74 Å². The molecule has 2 N–H and O–H groups in total. The highest BCUT2D eigenvalue weighted by molar-refractivity contribution is 6.02. The highest BCUT2D eigenvalue weighted by Gasteiger charge is 2.19. The Morgan fingerprint density at radius 2 is 1.85 bits per heavy atom. The number of carbonyl (C=O) groups is 1. The first-order valence-corrected chi connectivity index (χ1v) is 10.8. The Morgan fingerprint density at radius 3 is 2.53 bits per heavy atom. The number of ether oxygens (including phenoxy) is 1. The van der Waals surface area contributed by atoms with E-state index >= 15 is 4.39 Å². The summed E-state index contributed by atoms with van der Waals surface area (Å²) in [7, 11) is 5.44. The zero-order valence-corrected chi connectivity index (χ0v) is 19.6. The lowest BCUT2D eigenvalue weighted by atomic mass is 10.1. The molecule has 0 spiro atoms. The van der Waals surface area contributed by atoms with Crippen LogP contribution in [-0.2, 0) is 0 Å². The van der Waals surface area contributed by atoms with E-state index in [9.17, 15) is 4.79 Å². The van der Waals surface area contributed by atoms with Crippen molar-refractivity contribution >= 4 is 28.4 Å². The molecule has 8 nitrogen and oxygen atoms in total. The first-order valence-electron chi connectivity index (χ1n) is 10.8. The minimum Gasteiger partial charge on any atom is -0.497 e. The molecule has 0 bridgehead atoms. The number of urea groups is 1. The number of rotatable bonds is 7. The van der Waals surface area contributed by atoms with Crippen molar-refractivity contribution in [3.63, 3.8) is 0 Å². The Hall–Kier alpha value is -3.98. The number of likely N-dealkylation sites (N-methyl/N-ethyl adjacent to an activating group) is 1.